The molecular weight excluding hydrogens is 434 g/mol. The number of amides is 5. The van der Waals surface area contributed by atoms with Gasteiger partial charge in [0.2, 0.25) is 11.8 Å². The Morgan fingerprint density at radius 3 is 2.53 bits per heavy atom. The highest BCUT2D eigenvalue weighted by Crippen LogP contribution is 2.38. The lowest BCUT2D eigenvalue weighted by molar-refractivity contribution is -0.141. The largest absolute Gasteiger partial charge is 0.339 e. The summed E-state index contributed by atoms with van der Waals surface area (Å²) in [5, 5.41) is 5.88. The van der Waals surface area contributed by atoms with E-state index in [0.29, 0.717) is 32.6 Å². The van der Waals surface area contributed by atoms with Crippen molar-refractivity contribution in [2.45, 2.75) is 51.5 Å². The van der Waals surface area contributed by atoms with E-state index < -0.39 is 11.6 Å². The van der Waals surface area contributed by atoms with Crippen LogP contribution in [0.3, 0.4) is 0 Å². The van der Waals surface area contributed by atoms with Crippen molar-refractivity contribution in [3.63, 3.8) is 0 Å². The average molecular weight is 470 g/mol. The summed E-state index contributed by atoms with van der Waals surface area (Å²) in [7, 11) is 0. The lowest BCUT2D eigenvalue weighted by Gasteiger charge is -2.37. The van der Waals surface area contributed by atoms with Crippen molar-refractivity contribution in [1.82, 2.24) is 20.0 Å². The first-order chi connectivity index (χ1) is 16.3. The third-order valence-electron chi connectivity index (χ3n) is 7.56. The Balaban J connectivity index is 1.26. The zero-order valence-corrected chi connectivity index (χ0v) is 20.1. The van der Waals surface area contributed by atoms with Gasteiger partial charge in [0.15, 0.2) is 0 Å². The number of benzene rings is 1. The predicted octanol–water partition coefficient (Wildman–Crippen LogP) is 1.83. The van der Waals surface area contributed by atoms with Crippen molar-refractivity contribution < 1.29 is 19.2 Å². The van der Waals surface area contributed by atoms with Gasteiger partial charge >= 0.3 is 6.03 Å². The normalized spacial score (nSPS) is 25.5. The Hall–Kier alpha value is -2.94. The van der Waals surface area contributed by atoms with Gasteiger partial charge in [-0.1, -0.05) is 44.9 Å². The second-order valence-electron chi connectivity index (χ2n) is 9.66. The second-order valence-corrected chi connectivity index (χ2v) is 9.66. The highest BCUT2D eigenvalue weighted by Gasteiger charge is 2.55. The zero-order valence-electron chi connectivity index (χ0n) is 20.1. The number of carbonyl (C=O) groups is 4. The summed E-state index contributed by atoms with van der Waals surface area (Å²) in [4.78, 5) is 55.9. The van der Waals surface area contributed by atoms with Crippen LogP contribution in [0.1, 0.15) is 45.1 Å². The Kier molecular flexibility index (Phi) is 7.21. The Bertz CT molecular complexity index is 958. The average Bonchev–Trinajstić information content (AvgIpc) is 3.06. The monoisotopic (exact) mass is 469 g/mol. The molecule has 1 spiro atoms. The molecule has 34 heavy (non-hydrogen) atoms. The van der Waals surface area contributed by atoms with E-state index in [9.17, 15) is 19.2 Å². The first kappa shape index (κ1) is 24.2. The number of carbonyl (C=O) groups excluding carboxylic acids is 4. The van der Waals surface area contributed by atoms with Crippen LogP contribution in [0.15, 0.2) is 24.3 Å². The molecule has 3 aliphatic rings. The molecule has 1 saturated carbocycles. The van der Waals surface area contributed by atoms with Crippen LogP contribution in [0.4, 0.5) is 10.5 Å². The van der Waals surface area contributed by atoms with Crippen LogP contribution in [0, 0.1) is 5.92 Å². The van der Waals surface area contributed by atoms with Crippen molar-refractivity contribution in [2.24, 2.45) is 5.92 Å². The van der Waals surface area contributed by atoms with E-state index in [1.165, 1.54) is 0 Å². The molecule has 0 unspecified atom stereocenters. The molecule has 2 saturated heterocycles. The van der Waals surface area contributed by atoms with Gasteiger partial charge in [-0.15, -0.1) is 0 Å². The number of aryl methyl sites for hydroxylation is 1. The Morgan fingerprint density at radius 2 is 1.82 bits per heavy atom. The van der Waals surface area contributed by atoms with E-state index in [0.717, 1.165) is 41.8 Å². The molecule has 1 aromatic rings. The third-order valence-corrected chi connectivity index (χ3v) is 7.56. The first-order valence-electron chi connectivity index (χ1n) is 12.4. The van der Waals surface area contributed by atoms with Crippen LogP contribution in [0.2, 0.25) is 0 Å². The summed E-state index contributed by atoms with van der Waals surface area (Å²) in [6, 6.07) is 7.31. The van der Waals surface area contributed by atoms with Crippen LogP contribution in [-0.4, -0.2) is 83.3 Å². The summed E-state index contributed by atoms with van der Waals surface area (Å²) in [5.74, 6) is -0.505. The molecule has 1 aliphatic carbocycles. The molecule has 0 bridgehead atoms. The van der Waals surface area contributed by atoms with Crippen LogP contribution in [0.25, 0.3) is 0 Å². The van der Waals surface area contributed by atoms with Crippen molar-refractivity contribution in [1.29, 1.82) is 0 Å². The Labute approximate surface area is 200 Å². The highest BCUT2D eigenvalue weighted by molar-refractivity contribution is 6.09. The van der Waals surface area contributed by atoms with E-state index >= 15 is 0 Å². The molecule has 0 aromatic heterocycles. The quantitative estimate of drug-likeness (QED) is 0.619. The number of nitrogens with zero attached hydrogens (tertiary/aromatic N) is 3. The molecule has 5 amide bonds. The molecule has 2 N–H and O–H groups in total. The molecule has 9 nitrogen and oxygen atoms in total. The maximum Gasteiger partial charge on any atom is 0.325 e. The van der Waals surface area contributed by atoms with Crippen LogP contribution in [0.5, 0.6) is 0 Å². The minimum absolute atomic E-state index is 0.0665. The van der Waals surface area contributed by atoms with E-state index in [1.807, 2.05) is 36.1 Å². The third kappa shape index (κ3) is 4.80. The number of hydrogen-bond donors (Lipinski definition) is 2. The zero-order chi connectivity index (χ0) is 24.3. The van der Waals surface area contributed by atoms with Gasteiger partial charge in [-0.3, -0.25) is 24.2 Å². The molecular formula is C25H35N5O4. The fraction of sp³-hybridized carbons (Fsp3) is 0.600. The van der Waals surface area contributed by atoms with E-state index in [1.54, 1.807) is 4.90 Å². The van der Waals surface area contributed by atoms with E-state index in [2.05, 4.69) is 17.6 Å². The molecule has 1 aromatic carbocycles. The molecule has 184 valence electrons. The van der Waals surface area contributed by atoms with Crippen LogP contribution >= 0.6 is 0 Å². The number of hydrogen-bond acceptors (Lipinski definition) is 5. The number of piperazine rings is 1. The van der Waals surface area contributed by atoms with Crippen molar-refractivity contribution in [2.75, 3.05) is 44.6 Å². The second kappa shape index (κ2) is 10.1. The molecule has 4 rings (SSSR count). The van der Waals surface area contributed by atoms with E-state index in [-0.39, 0.29) is 36.7 Å². The standard InChI is InChI=1S/C25H35N5O4/c1-3-19-9-4-5-10-20(19)26-21(31)16-28-12-14-29(15-13-28)22(32)17-30-23(33)25(27-24(30)34)11-7-6-8-18(25)2/h4-5,9-10,18H,3,6-8,11-17H2,1-2H3,(H,26,31)(H,27,34)/t18-,25+/m0/s1. The van der Waals surface area contributed by atoms with Crippen LogP contribution in [-0.2, 0) is 20.8 Å². The number of para-hydroxylation sites is 1. The van der Waals surface area contributed by atoms with Crippen molar-refractivity contribution in [3.05, 3.63) is 29.8 Å². The molecule has 0 radical (unpaired) electrons. The van der Waals surface area contributed by atoms with E-state index in [4.69, 9.17) is 0 Å². The molecule has 9 heteroatoms. The Morgan fingerprint density at radius 1 is 1.09 bits per heavy atom. The van der Waals surface area contributed by atoms with Gasteiger partial charge in [0.25, 0.3) is 5.91 Å². The number of nitrogens with one attached hydrogen (secondary N) is 2. The predicted molar refractivity (Wildman–Crippen MR) is 128 cm³/mol. The lowest BCUT2D eigenvalue weighted by Crippen LogP contribution is -2.55. The lowest BCUT2D eigenvalue weighted by atomic mass is 9.73. The fourth-order valence-corrected chi connectivity index (χ4v) is 5.37. The van der Waals surface area contributed by atoms with Gasteiger partial charge in [-0.25, -0.2) is 4.79 Å². The maximum atomic E-state index is 13.1. The summed E-state index contributed by atoms with van der Waals surface area (Å²) in [5.41, 5.74) is 1.08. The highest BCUT2D eigenvalue weighted by atomic mass is 16.2. The molecule has 2 heterocycles. The van der Waals surface area contributed by atoms with Gasteiger partial charge in [-0.05, 0) is 36.8 Å². The molecule has 2 atom stereocenters. The van der Waals surface area contributed by atoms with Crippen molar-refractivity contribution in [3.8, 4) is 0 Å². The van der Waals surface area contributed by atoms with Crippen molar-refractivity contribution >= 4 is 29.4 Å². The summed E-state index contributed by atoms with van der Waals surface area (Å²) in [6.07, 6.45) is 4.32. The minimum Gasteiger partial charge on any atom is -0.339 e. The summed E-state index contributed by atoms with van der Waals surface area (Å²) < 4.78 is 0. The maximum absolute atomic E-state index is 13.1. The number of urea groups is 1. The van der Waals surface area contributed by atoms with Gasteiger partial charge < -0.3 is 15.5 Å². The molecule has 2 aliphatic heterocycles. The first-order valence-corrected chi connectivity index (χ1v) is 12.4. The van der Waals surface area contributed by atoms with Gasteiger partial charge in [-0.2, -0.15) is 0 Å². The van der Waals surface area contributed by atoms with Crippen LogP contribution < -0.4 is 10.6 Å². The van der Waals surface area contributed by atoms with Gasteiger partial charge in [0.1, 0.15) is 12.1 Å². The van der Waals surface area contributed by atoms with Gasteiger partial charge in [0, 0.05) is 31.9 Å². The number of imide groups is 1. The van der Waals surface area contributed by atoms with Gasteiger partial charge in [0.05, 0.1) is 6.54 Å². The SMILES string of the molecule is CCc1ccccc1NC(=O)CN1CCN(C(=O)CN2C(=O)N[C@@]3(CCCC[C@@H]3C)C2=O)CC1. The fourth-order valence-electron chi connectivity index (χ4n) is 5.37. The topological polar surface area (TPSA) is 102 Å². The summed E-state index contributed by atoms with van der Waals surface area (Å²) in [6.45, 7) is 6.13. The number of rotatable bonds is 6. The minimum atomic E-state index is -0.849. The smallest absolute Gasteiger partial charge is 0.325 e. The summed E-state index contributed by atoms with van der Waals surface area (Å²) >= 11 is 0. The number of anilines is 1. The molecule has 3 fully saturated rings.